The summed E-state index contributed by atoms with van der Waals surface area (Å²) < 4.78 is 0. The molecule has 2 aromatic carbocycles. The molecular weight excluding hydrogens is 726 g/mol. The van der Waals surface area contributed by atoms with Gasteiger partial charge in [-0.1, -0.05) is 87.1 Å². The summed E-state index contributed by atoms with van der Waals surface area (Å²) in [5.74, 6) is 0.458. The highest BCUT2D eigenvalue weighted by molar-refractivity contribution is 14.0. The molecule has 0 heterocycles. The Morgan fingerprint density at radius 2 is 0.900 bits per heavy atom. The zero-order chi connectivity index (χ0) is 26.2. The maximum atomic E-state index is 8.27. The zero-order valence-corrected chi connectivity index (χ0v) is 27.5. The molecule has 0 spiro atoms. The summed E-state index contributed by atoms with van der Waals surface area (Å²) in [6.45, 7) is 0. The Kier molecular flexibility index (Phi) is 13.1. The normalized spacial score (nSPS) is 20.9. The van der Waals surface area contributed by atoms with Crippen LogP contribution in [-0.4, -0.2) is 36.4 Å². The lowest BCUT2D eigenvalue weighted by atomic mass is 9.73. The number of benzene rings is 2. The van der Waals surface area contributed by atoms with E-state index in [1.165, 1.54) is 60.8 Å². The van der Waals surface area contributed by atoms with E-state index in [1.807, 2.05) is 12.4 Å². The van der Waals surface area contributed by atoms with E-state index in [-0.39, 0.29) is 71.7 Å². The number of halogens is 2. The second-order valence-electron chi connectivity index (χ2n) is 10.7. The van der Waals surface area contributed by atoms with Crippen molar-refractivity contribution in [2.45, 2.75) is 88.1 Å². The molecule has 0 aliphatic heterocycles. The van der Waals surface area contributed by atoms with E-state index < -0.39 is 0 Å². The van der Waals surface area contributed by atoms with Gasteiger partial charge in [-0.05, 0) is 47.9 Å². The Morgan fingerprint density at radius 1 is 0.575 bits per heavy atom. The number of guanidine groups is 2. The third kappa shape index (κ3) is 8.40. The van der Waals surface area contributed by atoms with Crippen LogP contribution >= 0.6 is 48.0 Å². The lowest BCUT2D eigenvalue weighted by molar-refractivity contribution is 0.410. The second-order valence-corrected chi connectivity index (χ2v) is 10.7. The van der Waals surface area contributed by atoms with Crippen LogP contribution in [-0.2, 0) is 0 Å². The average Bonchev–Trinajstić information content (AvgIpc) is 2.95. The minimum absolute atomic E-state index is 0. The molecule has 0 radical (unpaired) electrons. The molecule has 2 aromatic rings. The molecule has 0 amide bonds. The van der Waals surface area contributed by atoms with Crippen LogP contribution in [0.25, 0.3) is 0 Å². The topological polar surface area (TPSA) is 121 Å². The molecule has 0 atom stereocenters. The fourth-order valence-corrected chi connectivity index (χ4v) is 6.13. The van der Waals surface area contributed by atoms with Crippen molar-refractivity contribution in [3.8, 4) is 0 Å². The Hall–Kier alpha value is -2.22. The van der Waals surface area contributed by atoms with Gasteiger partial charge in [0, 0.05) is 36.3 Å². The lowest BCUT2D eigenvalue weighted by Crippen LogP contribution is -2.41. The molecule has 3 aliphatic carbocycles. The summed E-state index contributed by atoms with van der Waals surface area (Å²) in [4.78, 5) is 0. The molecule has 3 aliphatic rings. The molecule has 0 saturated heterocycles. The van der Waals surface area contributed by atoms with Crippen molar-refractivity contribution in [2.75, 3.05) is 0 Å². The van der Waals surface area contributed by atoms with Gasteiger partial charge >= 0.3 is 0 Å². The average molecular weight is 769 g/mol. The van der Waals surface area contributed by atoms with E-state index in [0.717, 1.165) is 25.7 Å². The van der Waals surface area contributed by atoms with E-state index >= 15 is 0 Å². The number of nitrogens with one attached hydrogen (secondary N) is 6. The molecule has 5 rings (SSSR count). The molecule has 40 heavy (non-hydrogen) atoms. The molecule has 2 saturated carbocycles. The van der Waals surface area contributed by atoms with Gasteiger partial charge in [0.2, 0.25) is 11.9 Å². The van der Waals surface area contributed by atoms with E-state index in [0.29, 0.717) is 12.1 Å². The molecule has 10 heteroatoms. The van der Waals surface area contributed by atoms with Crippen LogP contribution in [0.3, 0.4) is 0 Å². The number of hydrogen-bond acceptors (Lipinski definition) is 4. The molecule has 216 valence electrons. The minimum atomic E-state index is -0.0266. The maximum absolute atomic E-state index is 8.27. The third-order valence-electron chi connectivity index (χ3n) is 8.04. The predicted octanol–water partition coefficient (Wildman–Crippen LogP) is 6.36. The first-order valence-corrected chi connectivity index (χ1v) is 14.2. The van der Waals surface area contributed by atoms with Gasteiger partial charge in [0.25, 0.3) is 0 Å². The van der Waals surface area contributed by atoms with E-state index in [1.54, 1.807) is 0 Å². The summed E-state index contributed by atoms with van der Waals surface area (Å²) in [6, 6.07) is 17.6. The predicted molar refractivity (Wildman–Crippen MR) is 186 cm³/mol. The highest BCUT2D eigenvalue weighted by Gasteiger charge is 2.30. The quantitative estimate of drug-likeness (QED) is 0.0887. The number of nitrogens with zero attached hydrogens (tertiary/aromatic N) is 2. The number of hydrazone groups is 2. The van der Waals surface area contributed by atoms with E-state index in [9.17, 15) is 0 Å². The number of hydrogen-bond donors (Lipinski definition) is 6. The van der Waals surface area contributed by atoms with E-state index in [4.69, 9.17) is 10.8 Å². The summed E-state index contributed by atoms with van der Waals surface area (Å²) in [6.07, 6.45) is 15.8. The van der Waals surface area contributed by atoms with Crippen molar-refractivity contribution in [2.24, 2.45) is 10.2 Å². The first-order chi connectivity index (χ1) is 18.7. The molecule has 6 N–H and O–H groups in total. The number of fused-ring (bicyclic) bond motifs is 2. The Morgan fingerprint density at radius 3 is 1.23 bits per heavy atom. The van der Waals surface area contributed by atoms with Crippen molar-refractivity contribution in [1.29, 1.82) is 10.8 Å². The van der Waals surface area contributed by atoms with Crippen LogP contribution in [0, 0.1) is 10.8 Å². The first-order valence-electron chi connectivity index (χ1n) is 14.2. The van der Waals surface area contributed by atoms with Crippen LogP contribution in [0.1, 0.15) is 98.3 Å². The Bertz CT molecular complexity index is 1030. The van der Waals surface area contributed by atoms with E-state index in [2.05, 4.69) is 80.2 Å². The van der Waals surface area contributed by atoms with Crippen molar-refractivity contribution in [3.63, 3.8) is 0 Å². The molecule has 0 unspecified atom stereocenters. The number of rotatable bonds is 6. The lowest BCUT2D eigenvalue weighted by Gasteiger charge is -2.30. The smallest absolute Gasteiger partial charge is 0.209 e. The molecule has 2 fully saturated rings. The molecule has 0 bridgehead atoms. The molecule has 0 aromatic heterocycles. The Balaban J connectivity index is 0.00000220. The van der Waals surface area contributed by atoms with Gasteiger partial charge in [-0.3, -0.25) is 10.8 Å². The monoisotopic (exact) mass is 768 g/mol. The van der Waals surface area contributed by atoms with Gasteiger partial charge < -0.3 is 10.6 Å². The van der Waals surface area contributed by atoms with Gasteiger partial charge in [-0.15, -0.1) is 48.0 Å². The van der Waals surface area contributed by atoms with Crippen molar-refractivity contribution >= 4 is 72.3 Å². The van der Waals surface area contributed by atoms with Gasteiger partial charge in [-0.2, -0.15) is 10.2 Å². The van der Waals surface area contributed by atoms with Crippen LogP contribution in [0.4, 0.5) is 0 Å². The zero-order valence-electron chi connectivity index (χ0n) is 22.9. The van der Waals surface area contributed by atoms with Gasteiger partial charge in [0.05, 0.1) is 0 Å². The first kappa shape index (κ1) is 32.3. The largest absolute Gasteiger partial charge is 0.352 e. The minimum Gasteiger partial charge on any atom is -0.352 e. The van der Waals surface area contributed by atoms with Crippen LogP contribution in [0.15, 0.2) is 58.7 Å². The summed E-state index contributed by atoms with van der Waals surface area (Å²) in [5.41, 5.74) is 10.5. The molecule has 8 nitrogen and oxygen atoms in total. The highest BCUT2D eigenvalue weighted by atomic mass is 127. The molecular formula is C30H42I2N8. The van der Waals surface area contributed by atoms with Crippen molar-refractivity contribution < 1.29 is 0 Å². The highest BCUT2D eigenvalue weighted by Crippen LogP contribution is 2.41. The van der Waals surface area contributed by atoms with Gasteiger partial charge in [0.15, 0.2) is 0 Å². The third-order valence-corrected chi connectivity index (χ3v) is 8.04. The second kappa shape index (κ2) is 16.3. The van der Waals surface area contributed by atoms with Crippen molar-refractivity contribution in [1.82, 2.24) is 21.5 Å². The van der Waals surface area contributed by atoms with Crippen LogP contribution in [0.2, 0.25) is 0 Å². The fourth-order valence-electron chi connectivity index (χ4n) is 6.13. The van der Waals surface area contributed by atoms with Crippen LogP contribution in [0.5, 0.6) is 0 Å². The van der Waals surface area contributed by atoms with Crippen LogP contribution < -0.4 is 21.5 Å². The maximum Gasteiger partial charge on any atom is 0.209 e. The Labute approximate surface area is 272 Å². The standard InChI is InChI=1S/C30H40N8.2HI/c31-29(35-21-11-3-1-4-12-21)37-33-19-27-23-15-7-9-17-25(23)28(26-18-10-8-16-24(26)27)20-34-38-30(32)36-22-13-5-2-6-14-22;;/h7-10,15-22,27-28H,1-6,11-14H2,(H3,31,35,37)(H3,32,36,38);2*1H. The van der Waals surface area contributed by atoms with Crippen molar-refractivity contribution in [3.05, 3.63) is 70.8 Å². The fraction of sp³-hybridized carbons (Fsp3) is 0.467. The summed E-state index contributed by atoms with van der Waals surface area (Å²) in [5, 5.41) is 32.0. The summed E-state index contributed by atoms with van der Waals surface area (Å²) in [7, 11) is 0. The van der Waals surface area contributed by atoms with Gasteiger partial charge in [-0.25, -0.2) is 10.9 Å². The SMILES string of the molecule is I.I.N=C(NN=CC1c2ccccc2C(C=NNC(=N)NC2CCCCC2)c2ccccc21)NC1CCCCC1. The van der Waals surface area contributed by atoms with Gasteiger partial charge in [0.1, 0.15) is 0 Å². The summed E-state index contributed by atoms with van der Waals surface area (Å²) >= 11 is 0.